The van der Waals surface area contributed by atoms with Crippen LogP contribution in [0.1, 0.15) is 17.0 Å². The van der Waals surface area contributed by atoms with Crippen LogP contribution >= 0.6 is 0 Å². The lowest BCUT2D eigenvalue weighted by Gasteiger charge is -2.10. The highest BCUT2D eigenvalue weighted by molar-refractivity contribution is 5.76. The maximum Gasteiger partial charge on any atom is 0.283 e. The Balaban J connectivity index is 1.47. The molecule has 0 fully saturated rings. The molecule has 148 valence electrons. The van der Waals surface area contributed by atoms with Gasteiger partial charge in [0, 0.05) is 17.9 Å². The van der Waals surface area contributed by atoms with Crippen molar-refractivity contribution in [2.24, 2.45) is 0 Å². The molecule has 7 nitrogen and oxygen atoms in total. The largest absolute Gasteiger partial charge is 0.459 e. The molecule has 0 radical (unpaired) electrons. The first-order valence-electron chi connectivity index (χ1n) is 9.07. The van der Waals surface area contributed by atoms with Crippen molar-refractivity contribution >= 4 is 5.91 Å². The molecule has 0 aliphatic carbocycles. The van der Waals surface area contributed by atoms with Crippen molar-refractivity contribution in [2.75, 3.05) is 0 Å². The van der Waals surface area contributed by atoms with Crippen LogP contribution in [0.25, 0.3) is 23.1 Å². The molecule has 8 heteroatoms. The van der Waals surface area contributed by atoms with Gasteiger partial charge in [0.25, 0.3) is 5.89 Å². The van der Waals surface area contributed by atoms with Crippen LogP contribution < -0.4 is 5.32 Å². The van der Waals surface area contributed by atoms with Crippen LogP contribution in [-0.2, 0) is 17.9 Å². The molecule has 0 saturated heterocycles. The van der Waals surface area contributed by atoms with E-state index in [9.17, 15) is 9.18 Å². The van der Waals surface area contributed by atoms with Gasteiger partial charge in [0.05, 0.1) is 11.8 Å². The number of aryl methyl sites for hydroxylation is 1. The summed E-state index contributed by atoms with van der Waals surface area (Å²) in [5, 5.41) is 11.0. The fraction of sp³-hybridized carbons (Fsp3) is 0.190. The number of amides is 1. The van der Waals surface area contributed by atoms with Gasteiger partial charge in [-0.25, -0.2) is 4.39 Å². The Bertz CT molecular complexity index is 1130. The zero-order valence-corrected chi connectivity index (χ0v) is 16.0. The van der Waals surface area contributed by atoms with Crippen molar-refractivity contribution in [1.82, 2.24) is 20.1 Å². The van der Waals surface area contributed by atoms with Crippen LogP contribution in [-0.4, -0.2) is 20.7 Å². The molecule has 4 rings (SSSR count). The number of hydrogen-bond acceptors (Lipinski definition) is 5. The average Bonchev–Trinajstić information content (AvgIpc) is 3.44. The summed E-state index contributed by atoms with van der Waals surface area (Å²) in [5.74, 6) is 0.707. The van der Waals surface area contributed by atoms with Crippen molar-refractivity contribution in [3.8, 4) is 23.1 Å². The average molecular weight is 394 g/mol. The fourth-order valence-electron chi connectivity index (χ4n) is 3.10. The van der Waals surface area contributed by atoms with Gasteiger partial charge in [-0.05, 0) is 49.7 Å². The van der Waals surface area contributed by atoms with Crippen molar-refractivity contribution in [2.45, 2.75) is 26.9 Å². The van der Waals surface area contributed by atoms with Crippen molar-refractivity contribution in [1.29, 1.82) is 0 Å². The number of carbonyl (C=O) groups excluding carboxylic acids is 1. The Morgan fingerprint density at radius 1 is 1.14 bits per heavy atom. The maximum absolute atomic E-state index is 13.0. The van der Waals surface area contributed by atoms with Gasteiger partial charge in [0.15, 0.2) is 5.76 Å². The molecule has 29 heavy (non-hydrogen) atoms. The molecule has 4 aromatic rings. The van der Waals surface area contributed by atoms with Crippen LogP contribution in [0.15, 0.2) is 57.6 Å². The quantitative estimate of drug-likeness (QED) is 0.537. The summed E-state index contributed by atoms with van der Waals surface area (Å²) in [4.78, 5) is 12.4. The Morgan fingerprint density at radius 3 is 2.62 bits per heavy atom. The predicted molar refractivity (Wildman–Crippen MR) is 103 cm³/mol. The molecule has 0 saturated carbocycles. The summed E-state index contributed by atoms with van der Waals surface area (Å²) in [6, 6.07) is 11.4. The first-order valence-corrected chi connectivity index (χ1v) is 9.07. The second-order valence-corrected chi connectivity index (χ2v) is 6.66. The van der Waals surface area contributed by atoms with E-state index < -0.39 is 0 Å². The van der Waals surface area contributed by atoms with Gasteiger partial charge >= 0.3 is 0 Å². The predicted octanol–water partition coefficient (Wildman–Crippen LogP) is 3.87. The van der Waals surface area contributed by atoms with E-state index >= 15 is 0 Å². The number of benzene rings is 1. The second kappa shape index (κ2) is 7.75. The van der Waals surface area contributed by atoms with E-state index in [2.05, 4.69) is 15.5 Å². The Kier molecular flexibility index (Phi) is 4.99. The summed E-state index contributed by atoms with van der Waals surface area (Å²) >= 11 is 0. The fourth-order valence-corrected chi connectivity index (χ4v) is 3.10. The van der Waals surface area contributed by atoms with Gasteiger partial charge in [0.1, 0.15) is 12.4 Å². The summed E-state index contributed by atoms with van der Waals surface area (Å²) in [7, 11) is 0. The van der Waals surface area contributed by atoms with Crippen LogP contribution in [0.4, 0.5) is 4.39 Å². The highest BCUT2D eigenvalue weighted by atomic mass is 19.1. The lowest BCUT2D eigenvalue weighted by atomic mass is 10.2. The number of hydrogen-bond donors (Lipinski definition) is 1. The maximum atomic E-state index is 13.0. The van der Waals surface area contributed by atoms with Gasteiger partial charge < -0.3 is 18.7 Å². The Labute approximate surface area is 166 Å². The Morgan fingerprint density at radius 2 is 1.90 bits per heavy atom. The van der Waals surface area contributed by atoms with Crippen LogP contribution in [0.2, 0.25) is 0 Å². The van der Waals surface area contributed by atoms with Gasteiger partial charge in [-0.15, -0.1) is 10.2 Å². The van der Waals surface area contributed by atoms with Crippen molar-refractivity contribution < 1.29 is 18.0 Å². The molecule has 3 heterocycles. The van der Waals surface area contributed by atoms with Crippen LogP contribution in [0.5, 0.6) is 0 Å². The third-order valence-corrected chi connectivity index (χ3v) is 4.67. The molecule has 0 atom stereocenters. The minimum atomic E-state index is -0.303. The smallest absolute Gasteiger partial charge is 0.283 e. The number of carbonyl (C=O) groups is 1. The molecular formula is C21H19FN4O3. The topological polar surface area (TPSA) is 86.1 Å². The highest BCUT2D eigenvalue weighted by Gasteiger charge is 2.19. The third-order valence-electron chi connectivity index (χ3n) is 4.67. The number of halogens is 1. The van der Waals surface area contributed by atoms with Gasteiger partial charge in [-0.1, -0.05) is 12.1 Å². The van der Waals surface area contributed by atoms with E-state index in [1.807, 2.05) is 24.5 Å². The molecule has 1 N–H and O–H groups in total. The molecule has 1 aromatic carbocycles. The molecule has 0 bridgehead atoms. The van der Waals surface area contributed by atoms with Crippen LogP contribution in [0, 0.1) is 19.7 Å². The Hall–Kier alpha value is -3.68. The molecule has 0 aliphatic rings. The van der Waals surface area contributed by atoms with Gasteiger partial charge in [0.2, 0.25) is 11.8 Å². The molecule has 3 aromatic heterocycles. The molecule has 0 spiro atoms. The monoisotopic (exact) mass is 394 g/mol. The first-order chi connectivity index (χ1) is 14.0. The summed E-state index contributed by atoms with van der Waals surface area (Å²) in [6.07, 6.45) is 1.54. The normalized spacial score (nSPS) is 11.0. The van der Waals surface area contributed by atoms with E-state index in [4.69, 9.17) is 8.83 Å². The minimum Gasteiger partial charge on any atom is -0.459 e. The standard InChI is InChI=1S/C21H19FN4O3/c1-13-10-17(20-24-25-21(29-20)18-4-3-9-28-18)14(2)26(13)12-19(27)23-11-15-5-7-16(22)8-6-15/h3-10H,11-12H2,1-2H3,(H,23,27). The SMILES string of the molecule is Cc1cc(-c2nnc(-c3ccco3)o2)c(C)n1CC(=O)NCc1ccc(F)cc1. The molecule has 0 unspecified atom stereocenters. The zero-order chi connectivity index (χ0) is 20.4. The molecular weight excluding hydrogens is 375 g/mol. The van der Waals surface area contributed by atoms with E-state index in [-0.39, 0.29) is 18.3 Å². The highest BCUT2D eigenvalue weighted by Crippen LogP contribution is 2.28. The van der Waals surface area contributed by atoms with E-state index in [1.54, 1.807) is 24.3 Å². The number of furan rings is 1. The third kappa shape index (κ3) is 3.96. The molecule has 1 amide bonds. The zero-order valence-electron chi connectivity index (χ0n) is 16.0. The summed E-state index contributed by atoms with van der Waals surface area (Å²) < 4.78 is 25.9. The first kappa shape index (κ1) is 18.7. The lowest BCUT2D eigenvalue weighted by Crippen LogP contribution is -2.27. The van der Waals surface area contributed by atoms with Crippen molar-refractivity contribution in [3.63, 3.8) is 0 Å². The minimum absolute atomic E-state index is 0.149. The molecule has 0 aliphatic heterocycles. The number of nitrogens with zero attached hydrogens (tertiary/aromatic N) is 3. The van der Waals surface area contributed by atoms with Crippen molar-refractivity contribution in [3.05, 3.63) is 71.5 Å². The van der Waals surface area contributed by atoms with E-state index in [1.165, 1.54) is 18.4 Å². The summed E-state index contributed by atoms with van der Waals surface area (Å²) in [5.41, 5.74) is 3.33. The second-order valence-electron chi connectivity index (χ2n) is 6.66. The summed E-state index contributed by atoms with van der Waals surface area (Å²) in [6.45, 7) is 4.29. The number of aromatic nitrogens is 3. The van der Waals surface area contributed by atoms with E-state index in [0.717, 1.165) is 22.5 Å². The van der Waals surface area contributed by atoms with E-state index in [0.29, 0.717) is 24.1 Å². The van der Waals surface area contributed by atoms with Crippen LogP contribution in [0.3, 0.4) is 0 Å². The lowest BCUT2D eigenvalue weighted by molar-refractivity contribution is -0.121. The van der Waals surface area contributed by atoms with Gasteiger partial charge in [-0.2, -0.15) is 0 Å². The van der Waals surface area contributed by atoms with Gasteiger partial charge in [-0.3, -0.25) is 4.79 Å². The number of nitrogens with one attached hydrogen (secondary N) is 1. The number of rotatable bonds is 6.